The fraction of sp³-hybridized carbons (Fsp3) is 0.692. The van der Waals surface area contributed by atoms with Crippen LogP contribution in [0.5, 0.6) is 0 Å². The standard InChI is InChI=1S/C39H66O4/c1-3-5-7-8-9-10-11-12-13-14-15-16-17-18-19-20-21-22-23-28-32-36-39(42)43-37(33-29-6-4-2)34-30-26-24-25-27-31-35-38(40)41/h5,7,9-10,12-13,15-16,18-19,37H,3-4,6,8,11,14,17,20-36H2,1-2H3,(H,40,41)/b7-5-,10-9-,13-12-,16-15-,19-18-. The van der Waals surface area contributed by atoms with Crippen molar-refractivity contribution in [3.63, 3.8) is 0 Å². The number of hydrogen-bond acceptors (Lipinski definition) is 3. The van der Waals surface area contributed by atoms with Gasteiger partial charge in [0.25, 0.3) is 0 Å². The molecule has 1 N–H and O–H groups in total. The van der Waals surface area contributed by atoms with Crippen LogP contribution in [0.2, 0.25) is 0 Å². The highest BCUT2D eigenvalue weighted by atomic mass is 16.5. The number of carbonyl (C=O) groups excluding carboxylic acids is 1. The lowest BCUT2D eigenvalue weighted by atomic mass is 10.0. The molecule has 0 radical (unpaired) electrons. The average Bonchev–Trinajstić information content (AvgIpc) is 2.99. The van der Waals surface area contributed by atoms with Crippen LogP contribution in [0.1, 0.15) is 168 Å². The van der Waals surface area contributed by atoms with Crippen molar-refractivity contribution >= 4 is 11.9 Å². The van der Waals surface area contributed by atoms with Gasteiger partial charge in [-0.25, -0.2) is 0 Å². The third kappa shape index (κ3) is 34.0. The van der Waals surface area contributed by atoms with E-state index < -0.39 is 5.97 Å². The van der Waals surface area contributed by atoms with Crippen LogP contribution in [0.25, 0.3) is 0 Å². The summed E-state index contributed by atoms with van der Waals surface area (Å²) in [6.45, 7) is 4.36. The lowest BCUT2D eigenvalue weighted by molar-refractivity contribution is -0.150. The van der Waals surface area contributed by atoms with Gasteiger partial charge in [0.15, 0.2) is 0 Å². The Morgan fingerprint density at radius 1 is 0.535 bits per heavy atom. The maximum Gasteiger partial charge on any atom is 0.306 e. The molecule has 246 valence electrons. The normalized spacial score (nSPS) is 13.0. The van der Waals surface area contributed by atoms with Crippen molar-refractivity contribution in [3.8, 4) is 0 Å². The average molecular weight is 599 g/mol. The number of rotatable bonds is 31. The van der Waals surface area contributed by atoms with E-state index in [-0.39, 0.29) is 18.5 Å². The number of aliphatic carboxylic acids is 1. The Morgan fingerprint density at radius 2 is 0.977 bits per heavy atom. The highest BCUT2D eigenvalue weighted by Gasteiger charge is 2.14. The Bertz CT molecular complexity index is 774. The summed E-state index contributed by atoms with van der Waals surface area (Å²) >= 11 is 0. The SMILES string of the molecule is CC/C=C\C/C=C\C/C=C\C/C=C\C/C=C\CCCCCCCC(=O)OC(CCCCC)CCCCCCCCC(=O)O. The van der Waals surface area contributed by atoms with Gasteiger partial charge in [0.1, 0.15) is 6.10 Å². The van der Waals surface area contributed by atoms with Gasteiger partial charge in [0, 0.05) is 12.8 Å². The van der Waals surface area contributed by atoms with Gasteiger partial charge in [-0.3, -0.25) is 9.59 Å². The van der Waals surface area contributed by atoms with Crippen molar-refractivity contribution in [1.82, 2.24) is 0 Å². The highest BCUT2D eigenvalue weighted by Crippen LogP contribution is 2.17. The minimum absolute atomic E-state index is 0.0195. The van der Waals surface area contributed by atoms with Crippen LogP contribution in [-0.2, 0) is 14.3 Å². The Morgan fingerprint density at radius 3 is 1.51 bits per heavy atom. The van der Waals surface area contributed by atoms with E-state index in [1.807, 2.05) is 0 Å². The summed E-state index contributed by atoms with van der Waals surface area (Å²) in [4.78, 5) is 23.0. The quantitative estimate of drug-likeness (QED) is 0.0490. The van der Waals surface area contributed by atoms with E-state index in [0.29, 0.717) is 6.42 Å². The molecular formula is C39H66O4. The van der Waals surface area contributed by atoms with Crippen LogP contribution < -0.4 is 0 Å². The van der Waals surface area contributed by atoms with E-state index in [4.69, 9.17) is 9.84 Å². The summed E-state index contributed by atoms with van der Waals surface area (Å²) in [6.07, 6.45) is 46.9. The maximum absolute atomic E-state index is 12.5. The molecule has 0 spiro atoms. The van der Waals surface area contributed by atoms with Gasteiger partial charge in [-0.15, -0.1) is 0 Å². The number of esters is 1. The number of ether oxygens (including phenoxy) is 1. The summed E-state index contributed by atoms with van der Waals surface area (Å²) in [5, 5.41) is 8.72. The molecule has 1 unspecified atom stereocenters. The first-order chi connectivity index (χ1) is 21.1. The third-order valence-corrected chi connectivity index (χ3v) is 7.50. The zero-order chi connectivity index (χ0) is 31.5. The minimum atomic E-state index is -0.700. The fourth-order valence-electron chi connectivity index (χ4n) is 4.91. The monoisotopic (exact) mass is 598 g/mol. The first-order valence-corrected chi connectivity index (χ1v) is 17.8. The van der Waals surface area contributed by atoms with E-state index in [1.54, 1.807) is 0 Å². The van der Waals surface area contributed by atoms with E-state index >= 15 is 0 Å². The largest absolute Gasteiger partial charge is 0.481 e. The minimum Gasteiger partial charge on any atom is -0.481 e. The van der Waals surface area contributed by atoms with Crippen molar-refractivity contribution in [2.24, 2.45) is 0 Å². The molecule has 4 heteroatoms. The molecule has 0 amide bonds. The number of carboxylic acid groups (broad SMARTS) is 1. The van der Waals surface area contributed by atoms with Gasteiger partial charge in [-0.2, -0.15) is 0 Å². The number of unbranched alkanes of at least 4 members (excludes halogenated alkanes) is 12. The first-order valence-electron chi connectivity index (χ1n) is 17.8. The molecule has 0 aliphatic carbocycles. The molecular weight excluding hydrogens is 532 g/mol. The van der Waals surface area contributed by atoms with Gasteiger partial charge in [0.05, 0.1) is 0 Å². The summed E-state index contributed by atoms with van der Waals surface area (Å²) in [7, 11) is 0. The molecule has 0 heterocycles. The van der Waals surface area contributed by atoms with Crippen LogP contribution >= 0.6 is 0 Å². The summed E-state index contributed by atoms with van der Waals surface area (Å²) in [5.41, 5.74) is 0. The van der Waals surface area contributed by atoms with Crippen molar-refractivity contribution in [2.45, 2.75) is 174 Å². The van der Waals surface area contributed by atoms with E-state index in [1.165, 1.54) is 32.1 Å². The maximum atomic E-state index is 12.5. The second-order valence-corrected chi connectivity index (χ2v) is 11.7. The summed E-state index contributed by atoms with van der Waals surface area (Å²) in [5.74, 6) is -0.720. The predicted molar refractivity (Wildman–Crippen MR) is 185 cm³/mol. The van der Waals surface area contributed by atoms with E-state index in [9.17, 15) is 9.59 Å². The predicted octanol–water partition coefficient (Wildman–Crippen LogP) is 12.2. The van der Waals surface area contributed by atoms with Gasteiger partial charge in [-0.05, 0) is 83.5 Å². The molecule has 1 atom stereocenters. The summed E-state index contributed by atoms with van der Waals surface area (Å²) < 4.78 is 5.89. The van der Waals surface area contributed by atoms with Gasteiger partial charge >= 0.3 is 11.9 Å². The molecule has 0 aliphatic heterocycles. The van der Waals surface area contributed by atoms with Crippen molar-refractivity contribution < 1.29 is 19.4 Å². The second kappa shape index (κ2) is 34.1. The van der Waals surface area contributed by atoms with Gasteiger partial charge in [0.2, 0.25) is 0 Å². The Hall–Kier alpha value is -2.36. The molecule has 0 fully saturated rings. The van der Waals surface area contributed by atoms with Crippen molar-refractivity contribution in [1.29, 1.82) is 0 Å². The Kier molecular flexibility index (Phi) is 32.3. The molecule has 0 rings (SSSR count). The van der Waals surface area contributed by atoms with Crippen molar-refractivity contribution in [3.05, 3.63) is 60.8 Å². The smallest absolute Gasteiger partial charge is 0.306 e. The number of carboxylic acids is 1. The van der Waals surface area contributed by atoms with Crippen LogP contribution in [-0.4, -0.2) is 23.1 Å². The second-order valence-electron chi connectivity index (χ2n) is 11.7. The Labute approximate surface area is 265 Å². The fourth-order valence-corrected chi connectivity index (χ4v) is 4.91. The molecule has 0 aromatic carbocycles. The van der Waals surface area contributed by atoms with Crippen LogP contribution in [0.15, 0.2) is 60.8 Å². The van der Waals surface area contributed by atoms with E-state index in [0.717, 1.165) is 109 Å². The van der Waals surface area contributed by atoms with Crippen LogP contribution in [0, 0.1) is 0 Å². The molecule has 0 aromatic rings. The zero-order valence-electron chi connectivity index (χ0n) is 28.0. The summed E-state index contributed by atoms with van der Waals surface area (Å²) in [6, 6.07) is 0. The number of allylic oxidation sites excluding steroid dienone is 10. The molecule has 4 nitrogen and oxygen atoms in total. The molecule has 0 bridgehead atoms. The lowest BCUT2D eigenvalue weighted by Crippen LogP contribution is -2.18. The molecule has 0 aliphatic rings. The van der Waals surface area contributed by atoms with Crippen molar-refractivity contribution in [2.75, 3.05) is 0 Å². The lowest BCUT2D eigenvalue weighted by Gasteiger charge is -2.18. The number of carbonyl (C=O) groups is 2. The highest BCUT2D eigenvalue weighted by molar-refractivity contribution is 5.69. The topological polar surface area (TPSA) is 63.6 Å². The Balaban J connectivity index is 3.80. The third-order valence-electron chi connectivity index (χ3n) is 7.50. The van der Waals surface area contributed by atoms with Crippen LogP contribution in [0.3, 0.4) is 0 Å². The van der Waals surface area contributed by atoms with Gasteiger partial charge < -0.3 is 9.84 Å². The van der Waals surface area contributed by atoms with Gasteiger partial charge in [-0.1, -0.05) is 132 Å². The molecule has 43 heavy (non-hydrogen) atoms. The van der Waals surface area contributed by atoms with E-state index in [2.05, 4.69) is 74.6 Å². The molecule has 0 aromatic heterocycles. The first kappa shape index (κ1) is 40.6. The van der Waals surface area contributed by atoms with Crippen LogP contribution in [0.4, 0.5) is 0 Å². The molecule has 0 saturated carbocycles. The number of hydrogen-bond donors (Lipinski definition) is 1. The zero-order valence-corrected chi connectivity index (χ0v) is 28.0. The molecule has 0 saturated heterocycles.